The number of halogens is 1. The molecule has 10 heteroatoms. The second kappa shape index (κ2) is 26.3. The molecule has 1 aliphatic rings. The van der Waals surface area contributed by atoms with Crippen molar-refractivity contribution in [3.05, 3.63) is 332 Å². The first kappa shape index (κ1) is 61.1. The maximum atomic E-state index is 6.27. The molecule has 0 saturated carbocycles. The van der Waals surface area contributed by atoms with E-state index in [2.05, 4.69) is 277 Å². The molecule has 0 bridgehead atoms. The summed E-state index contributed by atoms with van der Waals surface area (Å²) < 4.78 is 18.3. The number of rotatable bonds is 10. The zero-order chi connectivity index (χ0) is 65.2. The highest BCUT2D eigenvalue weighted by Crippen LogP contribution is 2.39. The zero-order valence-electron chi connectivity index (χ0n) is 53.6. The molecule has 5 heterocycles. The molecule has 12 aromatic carbocycles. The molecule has 0 atom stereocenters. The first-order chi connectivity index (χ1) is 47.0. The molecule has 0 N–H and O–H groups in total. The molecule has 462 valence electrons. The summed E-state index contributed by atoms with van der Waals surface area (Å²) in [5.41, 5.74) is 19.5. The van der Waals surface area contributed by atoms with E-state index in [0.29, 0.717) is 5.82 Å². The van der Waals surface area contributed by atoms with Crippen molar-refractivity contribution < 1.29 is 9.31 Å². The largest absolute Gasteiger partial charge is 0.494 e. The number of nitrogens with zero attached hydrogens (tertiary/aromatic N) is 6. The van der Waals surface area contributed by atoms with E-state index in [1.807, 2.05) is 103 Å². The highest BCUT2D eigenvalue weighted by atomic mass is 79.9. The van der Waals surface area contributed by atoms with Gasteiger partial charge in [-0.1, -0.05) is 265 Å². The van der Waals surface area contributed by atoms with Crippen molar-refractivity contribution in [2.24, 2.45) is 0 Å². The summed E-state index contributed by atoms with van der Waals surface area (Å²) in [6.45, 7) is 8.28. The summed E-state index contributed by atoms with van der Waals surface area (Å²) >= 11 is 3.50. The summed E-state index contributed by atoms with van der Waals surface area (Å²) in [6, 6.07) is 113. The van der Waals surface area contributed by atoms with Gasteiger partial charge in [-0.05, 0) is 129 Å². The Morgan fingerprint density at radius 1 is 0.281 bits per heavy atom. The van der Waals surface area contributed by atoms with E-state index in [1.165, 1.54) is 49.3 Å². The van der Waals surface area contributed by atoms with Crippen LogP contribution in [-0.2, 0) is 9.31 Å². The van der Waals surface area contributed by atoms with Crippen LogP contribution < -0.4 is 5.46 Å². The smallest absolute Gasteiger partial charge is 0.399 e. The van der Waals surface area contributed by atoms with Crippen molar-refractivity contribution in [1.82, 2.24) is 29.1 Å². The van der Waals surface area contributed by atoms with Crippen LogP contribution in [-0.4, -0.2) is 47.4 Å². The molecule has 0 aliphatic carbocycles. The van der Waals surface area contributed by atoms with E-state index in [9.17, 15) is 0 Å². The van der Waals surface area contributed by atoms with Crippen LogP contribution in [0.1, 0.15) is 27.7 Å². The SMILES string of the molecule is Brc1ccc(-n2c3ccccc3c3ccccc32)cc1.CC1(C)OB(c2cccc(-c3cc(-c4ccccc4)nc(-c4ccccc4)n3)c2)OC1(C)C.c1ccc(-c2cc(-c3cccc(-c4ccc(-n5c6ccccc6c6ccccc65)cc4)c3)nc(-c3ccccc3)n2)cc1. The van der Waals surface area contributed by atoms with Gasteiger partial charge in [0.1, 0.15) is 0 Å². The molecule has 1 fully saturated rings. The zero-order valence-corrected chi connectivity index (χ0v) is 55.2. The minimum absolute atomic E-state index is 0.385. The lowest BCUT2D eigenvalue weighted by molar-refractivity contribution is 0.00578. The molecule has 0 unspecified atom stereocenters. The van der Waals surface area contributed by atoms with Crippen LogP contribution in [0.4, 0.5) is 0 Å². The molecule has 16 aromatic rings. The topological polar surface area (TPSA) is 79.9 Å². The average Bonchev–Trinajstić information content (AvgIpc) is 1.54. The van der Waals surface area contributed by atoms with Crippen LogP contribution in [0.15, 0.2) is 332 Å². The normalized spacial score (nSPS) is 13.1. The summed E-state index contributed by atoms with van der Waals surface area (Å²) in [6.07, 6.45) is 0. The number of aromatic nitrogens is 6. The van der Waals surface area contributed by atoms with Gasteiger partial charge in [0.2, 0.25) is 0 Å². The monoisotopic (exact) mass is 1300 g/mol. The minimum Gasteiger partial charge on any atom is -0.399 e. The summed E-state index contributed by atoms with van der Waals surface area (Å²) in [5.74, 6) is 1.42. The molecule has 1 aliphatic heterocycles. The molecule has 96 heavy (non-hydrogen) atoms. The van der Waals surface area contributed by atoms with Gasteiger partial charge >= 0.3 is 7.12 Å². The Bertz CT molecular complexity index is 5190. The van der Waals surface area contributed by atoms with Gasteiger partial charge in [-0.15, -0.1) is 0 Å². The van der Waals surface area contributed by atoms with Crippen molar-refractivity contribution in [1.29, 1.82) is 0 Å². The maximum absolute atomic E-state index is 6.27. The lowest BCUT2D eigenvalue weighted by Crippen LogP contribution is -2.41. The van der Waals surface area contributed by atoms with Gasteiger partial charge in [-0.25, -0.2) is 19.9 Å². The fourth-order valence-electron chi connectivity index (χ4n) is 12.6. The quantitative estimate of drug-likeness (QED) is 0.127. The van der Waals surface area contributed by atoms with Crippen LogP contribution >= 0.6 is 15.9 Å². The molecule has 0 radical (unpaired) electrons. The number of benzene rings is 12. The van der Waals surface area contributed by atoms with Crippen molar-refractivity contribution in [3.8, 4) is 90.3 Å². The standard InChI is InChI=1S/C40H27N3.C28H27BN2O2.C18H12BrN/c1-3-12-29(13-4-1)36-27-37(42-40(41-36)30-14-5-2-6-15-30)32-17-11-16-31(26-32)28-22-24-33(25-23-28)43-38-20-9-7-18-34(38)35-19-8-10-21-39(35)43;1-27(2)28(3,4)33-29(32-27)23-17-11-16-22(18-23)25-19-24(20-12-7-5-8-13-20)30-26(31-25)21-14-9-6-10-15-21;19-13-9-11-14(12-10-13)20-17-7-3-1-5-15(17)16-6-2-4-8-18(16)20/h1-27H;5-19H,1-4H3;1-12H. The van der Waals surface area contributed by atoms with Crippen LogP contribution in [0.2, 0.25) is 0 Å². The third-order valence-electron chi connectivity index (χ3n) is 18.2. The molecule has 0 amide bonds. The molecule has 0 spiro atoms. The summed E-state index contributed by atoms with van der Waals surface area (Å²) in [7, 11) is -0.418. The minimum atomic E-state index is -0.418. The van der Waals surface area contributed by atoms with Crippen molar-refractivity contribution in [3.63, 3.8) is 0 Å². The van der Waals surface area contributed by atoms with Gasteiger partial charge in [0, 0.05) is 65.2 Å². The number of para-hydroxylation sites is 4. The summed E-state index contributed by atoms with van der Waals surface area (Å²) in [5, 5.41) is 5.13. The van der Waals surface area contributed by atoms with Crippen LogP contribution in [0, 0.1) is 0 Å². The average molecular weight is 1310 g/mol. The third-order valence-corrected chi connectivity index (χ3v) is 18.8. The first-order valence-electron chi connectivity index (χ1n) is 32.4. The van der Waals surface area contributed by atoms with Crippen LogP contribution in [0.25, 0.3) is 134 Å². The van der Waals surface area contributed by atoms with Crippen molar-refractivity contribution in [2.45, 2.75) is 38.9 Å². The third kappa shape index (κ3) is 12.4. The van der Waals surface area contributed by atoms with E-state index < -0.39 is 7.12 Å². The van der Waals surface area contributed by atoms with Gasteiger partial charge in [-0.2, -0.15) is 0 Å². The van der Waals surface area contributed by atoms with E-state index in [-0.39, 0.29) is 11.2 Å². The summed E-state index contributed by atoms with van der Waals surface area (Å²) in [4.78, 5) is 19.8. The van der Waals surface area contributed by atoms with Gasteiger partial charge < -0.3 is 18.4 Å². The first-order valence-corrected chi connectivity index (χ1v) is 33.2. The predicted octanol–water partition coefficient (Wildman–Crippen LogP) is 21.6. The predicted molar refractivity (Wildman–Crippen MR) is 401 cm³/mol. The van der Waals surface area contributed by atoms with Gasteiger partial charge in [0.25, 0.3) is 0 Å². The molecule has 8 nitrogen and oxygen atoms in total. The van der Waals surface area contributed by atoms with Crippen LogP contribution in [0.3, 0.4) is 0 Å². The van der Waals surface area contributed by atoms with E-state index in [1.54, 1.807) is 0 Å². The molecule has 4 aromatic heterocycles. The molecule has 1 saturated heterocycles. The second-order valence-electron chi connectivity index (χ2n) is 24.9. The molecule has 17 rings (SSSR count). The van der Waals surface area contributed by atoms with Crippen molar-refractivity contribution in [2.75, 3.05) is 0 Å². The molecular weight excluding hydrogens is 1240 g/mol. The Morgan fingerprint density at radius 2 is 0.594 bits per heavy atom. The van der Waals surface area contributed by atoms with Crippen molar-refractivity contribution >= 4 is 72.1 Å². The van der Waals surface area contributed by atoms with E-state index in [4.69, 9.17) is 29.2 Å². The van der Waals surface area contributed by atoms with E-state index >= 15 is 0 Å². The fraction of sp³-hybridized carbons (Fsp3) is 0.0698. The highest BCUT2D eigenvalue weighted by molar-refractivity contribution is 9.10. The Morgan fingerprint density at radius 3 is 1.00 bits per heavy atom. The number of hydrogen-bond acceptors (Lipinski definition) is 6. The second-order valence-corrected chi connectivity index (χ2v) is 25.9. The van der Waals surface area contributed by atoms with Gasteiger partial charge in [0.15, 0.2) is 11.6 Å². The Balaban J connectivity index is 0.000000126. The Labute approximate surface area is 568 Å². The van der Waals surface area contributed by atoms with Gasteiger partial charge in [-0.3, -0.25) is 0 Å². The van der Waals surface area contributed by atoms with E-state index in [0.717, 1.165) is 88.7 Å². The Hall–Kier alpha value is -11.1. The Kier molecular flexibility index (Phi) is 16.8. The van der Waals surface area contributed by atoms with Crippen LogP contribution in [0.5, 0.6) is 0 Å². The maximum Gasteiger partial charge on any atom is 0.494 e. The highest BCUT2D eigenvalue weighted by Gasteiger charge is 2.51. The lowest BCUT2D eigenvalue weighted by atomic mass is 9.78. The van der Waals surface area contributed by atoms with Gasteiger partial charge in [0.05, 0.1) is 56.0 Å². The lowest BCUT2D eigenvalue weighted by Gasteiger charge is -2.32. The number of hydrogen-bond donors (Lipinski definition) is 0. The number of fused-ring (bicyclic) bond motifs is 6. The molecular formula is C86H66BBrN6O2. The fourth-order valence-corrected chi connectivity index (χ4v) is 12.9.